The third-order valence-electron chi connectivity index (χ3n) is 4.02. The van der Waals surface area contributed by atoms with Crippen LogP contribution in [0.5, 0.6) is 0 Å². The standard InChI is InChI=1S/C21H22N2O5/c1-21(2,3)28-20(26)22-17(14-9-5-4-6-10-14)13-27-23-18(24)15-11-7-8-12-16(15)19(23)25/h4-12,17H,13H2,1-3H3,(H,22,26). The minimum absolute atomic E-state index is 0.116. The van der Waals surface area contributed by atoms with Crippen molar-refractivity contribution >= 4 is 17.9 Å². The zero-order valence-corrected chi connectivity index (χ0v) is 16.0. The third kappa shape index (κ3) is 4.37. The van der Waals surface area contributed by atoms with Gasteiger partial charge in [-0.15, -0.1) is 5.06 Å². The van der Waals surface area contributed by atoms with Crippen LogP contribution < -0.4 is 5.32 Å². The summed E-state index contributed by atoms with van der Waals surface area (Å²) in [6, 6.07) is 15.0. The molecule has 7 nitrogen and oxygen atoms in total. The van der Waals surface area contributed by atoms with E-state index in [0.29, 0.717) is 11.1 Å². The van der Waals surface area contributed by atoms with Gasteiger partial charge in [-0.25, -0.2) is 4.79 Å². The number of hydrogen-bond donors (Lipinski definition) is 1. The van der Waals surface area contributed by atoms with E-state index in [2.05, 4.69) is 5.32 Å². The van der Waals surface area contributed by atoms with Gasteiger partial charge in [-0.2, -0.15) is 0 Å². The van der Waals surface area contributed by atoms with Crippen LogP contribution in [-0.4, -0.2) is 35.2 Å². The summed E-state index contributed by atoms with van der Waals surface area (Å²) in [4.78, 5) is 42.6. The van der Waals surface area contributed by atoms with Crippen LogP contribution in [0.15, 0.2) is 54.6 Å². The Balaban J connectivity index is 1.73. The van der Waals surface area contributed by atoms with Crippen LogP contribution in [0, 0.1) is 0 Å². The summed E-state index contributed by atoms with van der Waals surface area (Å²) in [5.41, 5.74) is 0.687. The maximum atomic E-state index is 12.4. The predicted molar refractivity (Wildman–Crippen MR) is 101 cm³/mol. The van der Waals surface area contributed by atoms with Crippen molar-refractivity contribution < 1.29 is 24.0 Å². The lowest BCUT2D eigenvalue weighted by Gasteiger charge is -2.25. The lowest BCUT2D eigenvalue weighted by Crippen LogP contribution is -2.39. The Hall–Kier alpha value is -3.19. The van der Waals surface area contributed by atoms with Crippen LogP contribution in [-0.2, 0) is 9.57 Å². The first-order valence-corrected chi connectivity index (χ1v) is 8.91. The number of amides is 3. The zero-order valence-electron chi connectivity index (χ0n) is 16.0. The second kappa shape index (κ2) is 7.82. The molecule has 0 radical (unpaired) electrons. The Labute approximate surface area is 163 Å². The van der Waals surface area contributed by atoms with Gasteiger partial charge < -0.3 is 10.1 Å². The fourth-order valence-corrected chi connectivity index (χ4v) is 2.79. The first-order chi connectivity index (χ1) is 13.3. The molecule has 1 atom stereocenters. The number of alkyl carbamates (subject to hydrolysis) is 1. The molecule has 1 aliphatic rings. The first-order valence-electron chi connectivity index (χ1n) is 8.91. The number of rotatable bonds is 5. The second-order valence-corrected chi connectivity index (χ2v) is 7.36. The molecule has 1 N–H and O–H groups in total. The molecule has 1 unspecified atom stereocenters. The number of hydrogen-bond acceptors (Lipinski definition) is 5. The van der Waals surface area contributed by atoms with Gasteiger partial charge in [0.15, 0.2) is 0 Å². The number of hydroxylamine groups is 2. The third-order valence-corrected chi connectivity index (χ3v) is 4.02. The van der Waals surface area contributed by atoms with Gasteiger partial charge in [0.1, 0.15) is 12.2 Å². The molecule has 146 valence electrons. The van der Waals surface area contributed by atoms with Crippen molar-refractivity contribution in [3.8, 4) is 0 Å². The van der Waals surface area contributed by atoms with Crippen molar-refractivity contribution in [2.45, 2.75) is 32.4 Å². The van der Waals surface area contributed by atoms with Gasteiger partial charge in [-0.05, 0) is 38.5 Å². The lowest BCUT2D eigenvalue weighted by molar-refractivity contribution is -0.0980. The van der Waals surface area contributed by atoms with E-state index in [1.54, 1.807) is 45.0 Å². The van der Waals surface area contributed by atoms with E-state index < -0.39 is 29.6 Å². The molecule has 28 heavy (non-hydrogen) atoms. The summed E-state index contributed by atoms with van der Waals surface area (Å²) in [5.74, 6) is -1.05. The van der Waals surface area contributed by atoms with Gasteiger partial charge in [-0.1, -0.05) is 42.5 Å². The van der Waals surface area contributed by atoms with Crippen molar-refractivity contribution in [2.75, 3.05) is 6.61 Å². The molecule has 0 fully saturated rings. The number of nitrogens with zero attached hydrogens (tertiary/aromatic N) is 1. The summed E-state index contributed by atoms with van der Waals surface area (Å²) in [6.45, 7) is 5.17. The molecule has 1 aliphatic heterocycles. The average Bonchev–Trinajstić information content (AvgIpc) is 2.89. The van der Waals surface area contributed by atoms with E-state index in [9.17, 15) is 14.4 Å². The minimum atomic E-state index is -0.658. The molecule has 2 aromatic carbocycles. The van der Waals surface area contributed by atoms with E-state index in [4.69, 9.17) is 9.57 Å². The zero-order chi connectivity index (χ0) is 20.3. The SMILES string of the molecule is CC(C)(C)OC(=O)NC(CON1C(=O)c2ccccc2C1=O)c1ccccc1. The number of carbonyl (C=O) groups is 3. The summed E-state index contributed by atoms with van der Waals surface area (Å²) in [7, 11) is 0. The van der Waals surface area contributed by atoms with Crippen LogP contribution in [0.1, 0.15) is 53.1 Å². The smallest absolute Gasteiger partial charge is 0.408 e. The highest BCUT2D eigenvalue weighted by Crippen LogP contribution is 2.24. The van der Waals surface area contributed by atoms with Gasteiger partial charge in [-0.3, -0.25) is 14.4 Å². The number of ether oxygens (including phenoxy) is 1. The molecule has 0 saturated carbocycles. The van der Waals surface area contributed by atoms with Gasteiger partial charge in [0.25, 0.3) is 11.8 Å². The van der Waals surface area contributed by atoms with Crippen molar-refractivity contribution in [3.63, 3.8) is 0 Å². The number of fused-ring (bicyclic) bond motifs is 1. The quantitative estimate of drug-likeness (QED) is 0.801. The Morgan fingerprint density at radius 1 is 0.964 bits per heavy atom. The first kappa shape index (κ1) is 19.6. The lowest BCUT2D eigenvalue weighted by atomic mass is 10.1. The number of benzene rings is 2. The van der Waals surface area contributed by atoms with Gasteiger partial charge in [0.2, 0.25) is 0 Å². The molecule has 3 amide bonds. The van der Waals surface area contributed by atoms with Crippen LogP contribution >= 0.6 is 0 Å². The van der Waals surface area contributed by atoms with E-state index in [1.165, 1.54) is 0 Å². The van der Waals surface area contributed by atoms with E-state index in [1.807, 2.05) is 30.3 Å². The van der Waals surface area contributed by atoms with Gasteiger partial charge in [0, 0.05) is 0 Å². The molecule has 7 heteroatoms. The van der Waals surface area contributed by atoms with Crippen molar-refractivity contribution in [3.05, 3.63) is 71.3 Å². The van der Waals surface area contributed by atoms with Gasteiger partial charge in [0.05, 0.1) is 17.2 Å². The van der Waals surface area contributed by atoms with Crippen LogP contribution in [0.4, 0.5) is 4.79 Å². The molecular weight excluding hydrogens is 360 g/mol. The van der Waals surface area contributed by atoms with Crippen LogP contribution in [0.3, 0.4) is 0 Å². The molecule has 0 aromatic heterocycles. The van der Waals surface area contributed by atoms with Crippen molar-refractivity contribution in [1.82, 2.24) is 10.4 Å². The molecule has 0 saturated heterocycles. The second-order valence-electron chi connectivity index (χ2n) is 7.36. The largest absolute Gasteiger partial charge is 0.444 e. The summed E-state index contributed by atoms with van der Waals surface area (Å²) in [5, 5.41) is 3.46. The van der Waals surface area contributed by atoms with Crippen LogP contribution in [0.25, 0.3) is 0 Å². The number of nitrogens with one attached hydrogen (secondary N) is 1. The maximum Gasteiger partial charge on any atom is 0.408 e. The van der Waals surface area contributed by atoms with Crippen molar-refractivity contribution in [1.29, 1.82) is 0 Å². The molecule has 2 aromatic rings. The topological polar surface area (TPSA) is 84.9 Å². The number of imide groups is 1. The van der Waals surface area contributed by atoms with Gasteiger partial charge >= 0.3 is 6.09 Å². The highest BCUT2D eigenvalue weighted by molar-refractivity contribution is 6.20. The Kier molecular flexibility index (Phi) is 5.46. The summed E-state index contributed by atoms with van der Waals surface area (Å²) < 4.78 is 5.30. The number of carbonyl (C=O) groups excluding carboxylic acids is 3. The molecule has 3 rings (SSSR count). The molecule has 1 heterocycles. The average molecular weight is 382 g/mol. The fraction of sp³-hybridized carbons (Fsp3) is 0.286. The molecular formula is C21H22N2O5. The molecule has 0 aliphatic carbocycles. The summed E-state index contributed by atoms with van der Waals surface area (Å²) in [6.07, 6.45) is -0.618. The predicted octanol–water partition coefficient (Wildman–Crippen LogP) is 3.48. The normalized spacial score (nSPS) is 14.6. The van der Waals surface area contributed by atoms with Crippen LogP contribution in [0.2, 0.25) is 0 Å². The van der Waals surface area contributed by atoms with E-state index in [-0.39, 0.29) is 6.61 Å². The van der Waals surface area contributed by atoms with E-state index >= 15 is 0 Å². The maximum absolute atomic E-state index is 12.4. The van der Waals surface area contributed by atoms with Crippen molar-refractivity contribution in [2.24, 2.45) is 0 Å². The fourth-order valence-electron chi connectivity index (χ4n) is 2.79. The Bertz CT molecular complexity index is 854. The van der Waals surface area contributed by atoms with E-state index in [0.717, 1.165) is 10.6 Å². The summed E-state index contributed by atoms with van der Waals surface area (Å²) >= 11 is 0. The minimum Gasteiger partial charge on any atom is -0.444 e. The highest BCUT2D eigenvalue weighted by Gasteiger charge is 2.37. The molecule has 0 spiro atoms. The molecule has 0 bridgehead atoms. The highest BCUT2D eigenvalue weighted by atomic mass is 16.7. The monoisotopic (exact) mass is 382 g/mol. The Morgan fingerprint density at radius 3 is 2.04 bits per heavy atom. The Morgan fingerprint density at radius 2 is 1.50 bits per heavy atom.